The lowest BCUT2D eigenvalue weighted by Crippen LogP contribution is -2.46. The molecular weight excluding hydrogens is 264 g/mol. The molecule has 1 aliphatic rings. The number of rotatable bonds is 3. The molecule has 2 atom stereocenters. The summed E-state index contributed by atoms with van der Waals surface area (Å²) in [5, 5.41) is 3.48. The fourth-order valence-corrected chi connectivity index (χ4v) is 2.51. The summed E-state index contributed by atoms with van der Waals surface area (Å²) in [6.07, 6.45) is 2.39. The van der Waals surface area contributed by atoms with Crippen LogP contribution in [0.2, 0.25) is 0 Å². The van der Waals surface area contributed by atoms with Gasteiger partial charge in [0.15, 0.2) is 0 Å². The third kappa shape index (κ3) is 4.64. The average Bonchev–Trinajstić information content (AvgIpc) is 2.35. The van der Waals surface area contributed by atoms with Crippen LogP contribution in [0.4, 0.5) is 5.95 Å². The number of aromatic nitrogens is 2. The summed E-state index contributed by atoms with van der Waals surface area (Å²) in [7, 11) is 0. The summed E-state index contributed by atoms with van der Waals surface area (Å²) in [5.74, 6) is 0.814. The van der Waals surface area contributed by atoms with Crippen LogP contribution in [0.15, 0.2) is 6.20 Å². The summed E-state index contributed by atoms with van der Waals surface area (Å²) in [6.45, 7) is 15.2. The number of aryl methyl sites for hydroxylation is 1. The third-order valence-corrected chi connectivity index (χ3v) is 3.58. The number of hydrogen-bond acceptors (Lipinski definition) is 5. The lowest BCUT2D eigenvalue weighted by Gasteiger charge is -2.35. The van der Waals surface area contributed by atoms with E-state index in [-0.39, 0.29) is 17.7 Å². The summed E-state index contributed by atoms with van der Waals surface area (Å²) >= 11 is 0. The van der Waals surface area contributed by atoms with Gasteiger partial charge in [-0.3, -0.25) is 0 Å². The quantitative estimate of drug-likeness (QED) is 0.926. The van der Waals surface area contributed by atoms with E-state index in [0.717, 1.165) is 36.8 Å². The van der Waals surface area contributed by atoms with Crippen molar-refractivity contribution in [3.8, 4) is 0 Å². The Balaban J connectivity index is 2.08. The minimum atomic E-state index is 0.0974. The van der Waals surface area contributed by atoms with Crippen molar-refractivity contribution >= 4 is 5.95 Å². The smallest absolute Gasteiger partial charge is 0.225 e. The van der Waals surface area contributed by atoms with Gasteiger partial charge in [-0.2, -0.15) is 0 Å². The summed E-state index contributed by atoms with van der Waals surface area (Å²) in [4.78, 5) is 11.5. The third-order valence-electron chi connectivity index (χ3n) is 3.58. The van der Waals surface area contributed by atoms with Gasteiger partial charge in [0.25, 0.3) is 0 Å². The van der Waals surface area contributed by atoms with Crippen molar-refractivity contribution in [3.05, 3.63) is 17.5 Å². The van der Waals surface area contributed by atoms with Gasteiger partial charge in [0.1, 0.15) is 0 Å². The molecule has 0 aliphatic carbocycles. The van der Waals surface area contributed by atoms with E-state index in [1.54, 1.807) is 0 Å². The first-order valence-corrected chi connectivity index (χ1v) is 7.72. The first-order chi connectivity index (χ1) is 9.74. The normalized spacial score (nSPS) is 23.4. The lowest BCUT2D eigenvalue weighted by molar-refractivity contribution is -0.00573. The maximum absolute atomic E-state index is 5.76. The molecule has 0 radical (unpaired) electrons. The average molecular weight is 292 g/mol. The fraction of sp³-hybridized carbons (Fsp3) is 0.750. The second-order valence-electron chi connectivity index (χ2n) is 7.05. The molecule has 118 valence electrons. The largest absolute Gasteiger partial charge is 0.372 e. The Bertz CT molecular complexity index is 474. The first kappa shape index (κ1) is 16.2. The topological polar surface area (TPSA) is 50.3 Å². The zero-order chi connectivity index (χ0) is 15.6. The molecule has 2 rings (SSSR count). The van der Waals surface area contributed by atoms with Crippen LogP contribution in [-0.2, 0) is 11.3 Å². The van der Waals surface area contributed by atoms with Crippen molar-refractivity contribution in [2.24, 2.45) is 0 Å². The molecule has 1 aliphatic heterocycles. The number of anilines is 1. The highest BCUT2D eigenvalue weighted by Crippen LogP contribution is 2.18. The highest BCUT2D eigenvalue weighted by molar-refractivity contribution is 5.34. The van der Waals surface area contributed by atoms with E-state index in [1.165, 1.54) is 0 Å². The molecule has 0 spiro atoms. The minimum absolute atomic E-state index is 0.0974. The Hall–Kier alpha value is -1.20. The van der Waals surface area contributed by atoms with Crippen molar-refractivity contribution in [2.45, 2.75) is 65.8 Å². The Morgan fingerprint density at radius 2 is 1.90 bits per heavy atom. The summed E-state index contributed by atoms with van der Waals surface area (Å²) in [6, 6.07) is 0. The molecule has 0 aromatic carbocycles. The second kappa shape index (κ2) is 6.28. The van der Waals surface area contributed by atoms with Crippen molar-refractivity contribution in [1.29, 1.82) is 0 Å². The molecule has 1 fully saturated rings. The second-order valence-corrected chi connectivity index (χ2v) is 7.05. The zero-order valence-electron chi connectivity index (χ0n) is 14.1. The number of morpholine rings is 1. The molecule has 0 bridgehead atoms. The van der Waals surface area contributed by atoms with E-state index in [0.29, 0.717) is 0 Å². The van der Waals surface area contributed by atoms with E-state index < -0.39 is 0 Å². The van der Waals surface area contributed by atoms with Crippen LogP contribution in [0.25, 0.3) is 0 Å². The number of hydrogen-bond donors (Lipinski definition) is 1. The molecular formula is C16H28N4O. The van der Waals surface area contributed by atoms with Gasteiger partial charge in [0, 0.05) is 42.6 Å². The summed E-state index contributed by atoms with van der Waals surface area (Å²) in [5.41, 5.74) is 2.30. The van der Waals surface area contributed by atoms with Gasteiger partial charge in [0.05, 0.1) is 12.2 Å². The predicted octanol–water partition coefficient (Wildman–Crippen LogP) is 2.29. The van der Waals surface area contributed by atoms with Crippen molar-refractivity contribution in [3.63, 3.8) is 0 Å². The Morgan fingerprint density at radius 3 is 2.43 bits per heavy atom. The number of nitrogens with zero attached hydrogens (tertiary/aromatic N) is 3. The number of ether oxygens (including phenoxy) is 1. The lowest BCUT2D eigenvalue weighted by atomic mass is 10.1. The van der Waals surface area contributed by atoms with Crippen LogP contribution in [0.3, 0.4) is 0 Å². The molecule has 1 N–H and O–H groups in total. The Kier molecular flexibility index (Phi) is 4.84. The molecule has 0 amide bonds. The standard InChI is InChI=1S/C16H28N4O/c1-11-9-20(10-12(2)21-11)15-17-7-14(13(3)19-15)8-18-16(4,5)6/h7,11-12,18H,8-10H2,1-6H3/t11-,12+. The van der Waals surface area contributed by atoms with Crippen LogP contribution in [0.5, 0.6) is 0 Å². The molecule has 0 unspecified atom stereocenters. The Morgan fingerprint density at radius 1 is 1.29 bits per heavy atom. The van der Waals surface area contributed by atoms with Gasteiger partial charge >= 0.3 is 0 Å². The maximum atomic E-state index is 5.76. The highest BCUT2D eigenvalue weighted by atomic mass is 16.5. The van der Waals surface area contributed by atoms with Crippen molar-refractivity contribution < 1.29 is 4.74 Å². The maximum Gasteiger partial charge on any atom is 0.225 e. The molecule has 1 saturated heterocycles. The van der Waals surface area contributed by atoms with Crippen LogP contribution in [0.1, 0.15) is 45.9 Å². The number of nitrogens with one attached hydrogen (secondary N) is 1. The van der Waals surface area contributed by atoms with Crippen LogP contribution in [0, 0.1) is 6.92 Å². The first-order valence-electron chi connectivity index (χ1n) is 7.72. The highest BCUT2D eigenvalue weighted by Gasteiger charge is 2.24. The molecule has 2 heterocycles. The van der Waals surface area contributed by atoms with Gasteiger partial charge in [-0.25, -0.2) is 9.97 Å². The minimum Gasteiger partial charge on any atom is -0.372 e. The van der Waals surface area contributed by atoms with Gasteiger partial charge in [-0.05, 0) is 41.5 Å². The predicted molar refractivity (Wildman–Crippen MR) is 85.6 cm³/mol. The monoisotopic (exact) mass is 292 g/mol. The SMILES string of the molecule is Cc1nc(N2C[C@@H](C)O[C@@H](C)C2)ncc1CNC(C)(C)C. The molecule has 5 nitrogen and oxygen atoms in total. The van der Waals surface area contributed by atoms with Gasteiger partial charge in [-0.15, -0.1) is 0 Å². The molecule has 21 heavy (non-hydrogen) atoms. The van der Waals surface area contributed by atoms with E-state index in [9.17, 15) is 0 Å². The zero-order valence-corrected chi connectivity index (χ0v) is 14.1. The van der Waals surface area contributed by atoms with Gasteiger partial charge in [-0.1, -0.05) is 0 Å². The Labute approximate surface area is 128 Å². The van der Waals surface area contributed by atoms with Gasteiger partial charge in [0.2, 0.25) is 5.95 Å². The van der Waals surface area contributed by atoms with E-state index in [1.807, 2.05) is 6.20 Å². The molecule has 1 aromatic heterocycles. The fourth-order valence-electron chi connectivity index (χ4n) is 2.51. The van der Waals surface area contributed by atoms with Crippen molar-refractivity contribution in [1.82, 2.24) is 15.3 Å². The van der Waals surface area contributed by atoms with Crippen molar-refractivity contribution in [2.75, 3.05) is 18.0 Å². The van der Waals surface area contributed by atoms with Crippen LogP contribution in [-0.4, -0.2) is 40.8 Å². The van der Waals surface area contributed by atoms with Gasteiger partial charge < -0.3 is 15.0 Å². The van der Waals surface area contributed by atoms with E-state index in [2.05, 4.69) is 61.7 Å². The van der Waals surface area contributed by atoms with Crippen LogP contribution >= 0.6 is 0 Å². The van der Waals surface area contributed by atoms with E-state index >= 15 is 0 Å². The molecule has 1 aromatic rings. The van der Waals surface area contributed by atoms with E-state index in [4.69, 9.17) is 4.74 Å². The molecule has 5 heteroatoms. The van der Waals surface area contributed by atoms with Crippen LogP contribution < -0.4 is 10.2 Å². The molecule has 0 saturated carbocycles. The summed E-state index contributed by atoms with van der Waals surface area (Å²) < 4.78 is 5.76.